The van der Waals surface area contributed by atoms with E-state index in [1.165, 1.54) is 6.21 Å². The maximum Gasteiger partial charge on any atom is 0.129 e. The molecule has 104 valence electrons. The number of nitrogens with zero attached hydrogens (tertiary/aromatic N) is 2. The smallest absolute Gasteiger partial charge is 0.129 e. The van der Waals surface area contributed by atoms with Gasteiger partial charge in [-0.2, -0.15) is 0 Å². The second kappa shape index (κ2) is 5.59. The molecule has 0 saturated heterocycles. The molecule has 2 aromatic heterocycles. The predicted molar refractivity (Wildman–Crippen MR) is 84.2 cm³/mol. The van der Waals surface area contributed by atoms with Crippen LogP contribution in [0, 0.1) is 5.41 Å². The summed E-state index contributed by atoms with van der Waals surface area (Å²) in [6.45, 7) is 6.18. The van der Waals surface area contributed by atoms with Gasteiger partial charge in [0.05, 0.1) is 11.0 Å². The molecular formula is C15H17ClN4. The quantitative estimate of drug-likeness (QED) is 0.669. The van der Waals surface area contributed by atoms with Gasteiger partial charge < -0.3 is 10.7 Å². The summed E-state index contributed by atoms with van der Waals surface area (Å²) in [7, 11) is 0. The Bertz CT molecular complexity index is 671. The van der Waals surface area contributed by atoms with Crippen molar-refractivity contribution in [2.24, 2.45) is 0 Å². The zero-order chi connectivity index (χ0) is 14.8. The fraction of sp³-hybridized carbons (Fsp3) is 0.267. The van der Waals surface area contributed by atoms with E-state index in [4.69, 9.17) is 17.0 Å². The maximum absolute atomic E-state index is 7.55. The van der Waals surface area contributed by atoms with Crippen molar-refractivity contribution in [1.82, 2.24) is 15.3 Å². The number of hydrogen-bond donors (Lipinski definition) is 2. The molecule has 0 aliphatic carbocycles. The van der Waals surface area contributed by atoms with Gasteiger partial charge >= 0.3 is 0 Å². The minimum atomic E-state index is -0.0555. The summed E-state index contributed by atoms with van der Waals surface area (Å²) in [5.41, 5.74) is 3.03. The number of pyridine rings is 2. The molecule has 0 spiro atoms. The monoisotopic (exact) mass is 288 g/mol. The molecule has 0 amide bonds. The number of rotatable bonds is 3. The average Bonchev–Trinajstić information content (AvgIpc) is 2.37. The van der Waals surface area contributed by atoms with E-state index in [0.717, 1.165) is 22.2 Å². The summed E-state index contributed by atoms with van der Waals surface area (Å²) in [5.74, 6) is 0. The summed E-state index contributed by atoms with van der Waals surface area (Å²) in [6, 6.07) is 5.43. The number of nitrogens with one attached hydrogen (secondary N) is 2. The third kappa shape index (κ3) is 3.54. The summed E-state index contributed by atoms with van der Waals surface area (Å²) in [4.78, 5) is 8.58. The van der Waals surface area contributed by atoms with Crippen LogP contribution in [0.4, 0.5) is 0 Å². The van der Waals surface area contributed by atoms with Crippen LogP contribution in [0.3, 0.4) is 0 Å². The first-order chi connectivity index (χ1) is 9.39. The van der Waals surface area contributed by atoms with Crippen LogP contribution in [0.25, 0.3) is 16.6 Å². The van der Waals surface area contributed by atoms with Crippen molar-refractivity contribution in [3.05, 3.63) is 41.3 Å². The summed E-state index contributed by atoms with van der Waals surface area (Å²) >= 11 is 5.89. The largest absolute Gasteiger partial charge is 0.386 e. The summed E-state index contributed by atoms with van der Waals surface area (Å²) in [6.07, 6.45) is 4.85. The molecule has 5 heteroatoms. The van der Waals surface area contributed by atoms with Gasteiger partial charge in [-0.25, -0.2) is 4.98 Å². The van der Waals surface area contributed by atoms with E-state index < -0.39 is 0 Å². The average molecular weight is 289 g/mol. The molecule has 20 heavy (non-hydrogen) atoms. The van der Waals surface area contributed by atoms with Gasteiger partial charge in [0.15, 0.2) is 0 Å². The van der Waals surface area contributed by atoms with E-state index in [9.17, 15) is 0 Å². The highest BCUT2D eigenvalue weighted by Crippen LogP contribution is 2.18. The van der Waals surface area contributed by atoms with E-state index in [2.05, 4.69) is 36.1 Å². The molecule has 0 aromatic carbocycles. The van der Waals surface area contributed by atoms with Crippen molar-refractivity contribution < 1.29 is 0 Å². The molecule has 0 bridgehead atoms. The highest BCUT2D eigenvalue weighted by molar-refractivity contribution is 6.29. The second-order valence-electron chi connectivity index (χ2n) is 5.53. The molecule has 0 aliphatic rings. The van der Waals surface area contributed by atoms with Crippen molar-refractivity contribution in [1.29, 1.82) is 5.41 Å². The molecular weight excluding hydrogens is 272 g/mol. The van der Waals surface area contributed by atoms with Gasteiger partial charge in [-0.15, -0.1) is 0 Å². The lowest BCUT2D eigenvalue weighted by Crippen LogP contribution is -2.31. The maximum atomic E-state index is 7.55. The highest BCUT2D eigenvalue weighted by atomic mass is 35.5. The molecule has 2 aromatic rings. The molecule has 0 atom stereocenters. The number of allylic oxidation sites excluding steroid dienone is 1. The topological polar surface area (TPSA) is 61.7 Å². The molecule has 0 saturated carbocycles. The fourth-order valence-electron chi connectivity index (χ4n) is 1.64. The third-order valence-corrected chi connectivity index (χ3v) is 2.86. The van der Waals surface area contributed by atoms with Gasteiger partial charge in [0.1, 0.15) is 5.15 Å². The van der Waals surface area contributed by atoms with Gasteiger partial charge in [0.2, 0.25) is 0 Å². The summed E-state index contributed by atoms with van der Waals surface area (Å²) < 4.78 is 0. The van der Waals surface area contributed by atoms with Gasteiger partial charge in [-0.05, 0) is 39.0 Å². The lowest BCUT2D eigenvalue weighted by Gasteiger charge is -2.19. The molecule has 0 aliphatic heterocycles. The Hall–Kier alpha value is -1.94. The second-order valence-corrected chi connectivity index (χ2v) is 5.92. The van der Waals surface area contributed by atoms with E-state index in [1.54, 1.807) is 12.3 Å². The number of hydrogen-bond acceptors (Lipinski definition) is 4. The Balaban J connectivity index is 2.42. The lowest BCUT2D eigenvalue weighted by molar-refractivity contribution is 0.492. The molecule has 0 radical (unpaired) electrons. The van der Waals surface area contributed by atoms with Crippen LogP contribution < -0.4 is 5.32 Å². The SMILES string of the molecule is CC(C)(C)N/C=C(\C=N)c1cnc2ccc(Cl)nc2c1. The molecule has 2 N–H and O–H groups in total. The van der Waals surface area contributed by atoms with Gasteiger partial charge in [0.25, 0.3) is 0 Å². The van der Waals surface area contributed by atoms with Crippen molar-refractivity contribution in [2.75, 3.05) is 0 Å². The fourth-order valence-corrected chi connectivity index (χ4v) is 1.80. The first-order valence-corrected chi connectivity index (χ1v) is 6.68. The number of aromatic nitrogens is 2. The van der Waals surface area contributed by atoms with Crippen LogP contribution in [0.15, 0.2) is 30.6 Å². The van der Waals surface area contributed by atoms with Crippen LogP contribution in [-0.4, -0.2) is 21.7 Å². The number of fused-ring (bicyclic) bond motifs is 1. The zero-order valence-corrected chi connectivity index (χ0v) is 12.5. The Morgan fingerprint density at radius 2 is 2.05 bits per heavy atom. The molecule has 2 heterocycles. The van der Waals surface area contributed by atoms with Crippen LogP contribution in [0.2, 0.25) is 5.15 Å². The van der Waals surface area contributed by atoms with Crippen molar-refractivity contribution >= 4 is 34.4 Å². The van der Waals surface area contributed by atoms with E-state index >= 15 is 0 Å². The van der Waals surface area contributed by atoms with E-state index in [1.807, 2.05) is 18.3 Å². The van der Waals surface area contributed by atoms with Crippen LogP contribution >= 0.6 is 11.6 Å². The summed E-state index contributed by atoms with van der Waals surface area (Å²) in [5, 5.41) is 11.2. The van der Waals surface area contributed by atoms with Gasteiger partial charge in [0, 0.05) is 35.3 Å². The highest BCUT2D eigenvalue weighted by Gasteiger charge is 2.08. The Morgan fingerprint density at radius 3 is 2.70 bits per heavy atom. The molecule has 4 nitrogen and oxygen atoms in total. The number of halogens is 1. The van der Waals surface area contributed by atoms with Crippen molar-refractivity contribution in [3.8, 4) is 0 Å². The minimum Gasteiger partial charge on any atom is -0.386 e. The van der Waals surface area contributed by atoms with Crippen molar-refractivity contribution in [2.45, 2.75) is 26.3 Å². The van der Waals surface area contributed by atoms with Crippen molar-refractivity contribution in [3.63, 3.8) is 0 Å². The molecule has 0 unspecified atom stereocenters. The molecule has 0 fully saturated rings. The molecule has 2 rings (SSSR count). The minimum absolute atomic E-state index is 0.0555. The first kappa shape index (κ1) is 14.5. The zero-order valence-electron chi connectivity index (χ0n) is 11.7. The van der Waals surface area contributed by atoms with Crippen LogP contribution in [0.5, 0.6) is 0 Å². The van der Waals surface area contributed by atoms with E-state index in [0.29, 0.717) is 5.15 Å². The van der Waals surface area contributed by atoms with Gasteiger partial charge in [-0.3, -0.25) is 4.98 Å². The van der Waals surface area contributed by atoms with Crippen LogP contribution in [-0.2, 0) is 0 Å². The lowest BCUT2D eigenvalue weighted by atomic mass is 10.1. The Morgan fingerprint density at radius 1 is 1.30 bits per heavy atom. The Labute approximate surface area is 123 Å². The normalized spacial score (nSPS) is 12.5. The standard InChI is InChI=1S/C15H17ClN4/c1-15(2,3)19-9-11(7-17)10-6-13-12(18-8-10)4-5-14(16)20-13/h4-9,17,19H,1-3H3/b11-9+,17-7?. The van der Waals surface area contributed by atoms with Gasteiger partial charge in [-0.1, -0.05) is 11.6 Å². The first-order valence-electron chi connectivity index (χ1n) is 6.30. The third-order valence-electron chi connectivity index (χ3n) is 2.65. The van der Waals surface area contributed by atoms with Crippen LogP contribution in [0.1, 0.15) is 26.3 Å². The predicted octanol–water partition coefficient (Wildman–Crippen LogP) is 3.66. The Kier molecular flexibility index (Phi) is 4.04. The van der Waals surface area contributed by atoms with E-state index in [-0.39, 0.29) is 5.54 Å².